The van der Waals surface area contributed by atoms with E-state index in [4.69, 9.17) is 4.74 Å². The first-order valence-corrected chi connectivity index (χ1v) is 7.58. The van der Waals surface area contributed by atoms with Crippen molar-refractivity contribution >= 4 is 0 Å². The third-order valence-electron chi connectivity index (χ3n) is 4.26. The molecule has 0 bridgehead atoms. The number of rotatable bonds is 4. The smallest absolute Gasteiger partial charge is 0.122 e. The highest BCUT2D eigenvalue weighted by atomic mass is 16.5. The van der Waals surface area contributed by atoms with Gasteiger partial charge in [-0.2, -0.15) is 5.10 Å². The average molecular weight is 286 g/mol. The maximum atomic E-state index is 10.5. The number of ether oxygens (including phenoxy) is 1. The Labute approximate surface area is 125 Å². The molecule has 1 aromatic heterocycles. The summed E-state index contributed by atoms with van der Waals surface area (Å²) in [5.74, 6) is 1.09. The lowest BCUT2D eigenvalue weighted by Gasteiger charge is -2.28. The fraction of sp³-hybridized carbons (Fsp3) is 0.471. The van der Waals surface area contributed by atoms with E-state index in [-0.39, 0.29) is 5.92 Å². The van der Waals surface area contributed by atoms with Crippen LogP contribution in [0, 0.1) is 5.92 Å². The molecule has 2 aromatic rings. The highest BCUT2D eigenvalue weighted by Crippen LogP contribution is 2.29. The molecule has 1 aromatic carbocycles. The number of hydrogen-bond acceptors (Lipinski definition) is 3. The lowest BCUT2D eigenvalue weighted by Crippen LogP contribution is -2.33. The van der Waals surface area contributed by atoms with E-state index in [1.54, 1.807) is 0 Å². The van der Waals surface area contributed by atoms with Crippen LogP contribution in [-0.4, -0.2) is 27.6 Å². The van der Waals surface area contributed by atoms with Crippen LogP contribution in [0.25, 0.3) is 0 Å². The summed E-state index contributed by atoms with van der Waals surface area (Å²) in [5.41, 5.74) is 3.34. The summed E-state index contributed by atoms with van der Waals surface area (Å²) in [4.78, 5) is 0. The third kappa shape index (κ3) is 2.95. The molecule has 112 valence electrons. The van der Waals surface area contributed by atoms with Crippen molar-refractivity contribution in [2.45, 2.75) is 32.3 Å². The molecule has 1 aliphatic rings. The Morgan fingerprint density at radius 3 is 3.00 bits per heavy atom. The van der Waals surface area contributed by atoms with E-state index in [1.165, 1.54) is 5.56 Å². The van der Waals surface area contributed by atoms with Crippen molar-refractivity contribution in [3.05, 3.63) is 47.3 Å². The van der Waals surface area contributed by atoms with Gasteiger partial charge >= 0.3 is 0 Å². The summed E-state index contributed by atoms with van der Waals surface area (Å²) in [6, 6.07) is 10.2. The average Bonchev–Trinajstić information content (AvgIpc) is 2.87. The second-order valence-electron chi connectivity index (χ2n) is 5.76. The summed E-state index contributed by atoms with van der Waals surface area (Å²) < 4.78 is 7.64. The van der Waals surface area contributed by atoms with Crippen molar-refractivity contribution in [1.29, 1.82) is 0 Å². The van der Waals surface area contributed by atoms with Gasteiger partial charge in [-0.05, 0) is 30.5 Å². The summed E-state index contributed by atoms with van der Waals surface area (Å²) in [6.07, 6.45) is 2.01. The van der Waals surface area contributed by atoms with Crippen LogP contribution in [0.3, 0.4) is 0 Å². The Hall–Kier alpha value is -1.81. The molecule has 0 amide bonds. The normalized spacial score (nSPS) is 18.9. The topological polar surface area (TPSA) is 47.3 Å². The molecule has 21 heavy (non-hydrogen) atoms. The van der Waals surface area contributed by atoms with Gasteiger partial charge < -0.3 is 9.84 Å². The Balaban J connectivity index is 1.69. The van der Waals surface area contributed by atoms with Crippen LogP contribution < -0.4 is 4.74 Å². The van der Waals surface area contributed by atoms with E-state index in [0.717, 1.165) is 30.0 Å². The Morgan fingerprint density at radius 1 is 1.43 bits per heavy atom. The zero-order chi connectivity index (χ0) is 14.8. The molecule has 0 saturated heterocycles. The van der Waals surface area contributed by atoms with Crippen LogP contribution >= 0.6 is 0 Å². The van der Waals surface area contributed by atoms with Crippen molar-refractivity contribution < 1.29 is 9.84 Å². The standard InChI is InChI=1S/C17H22N2O2/c1-3-14-9-15(19(2)18-14)10-16(20)13-8-12-6-4-5-7-17(12)21-11-13/h4-7,9,13,16,20H,3,8,10-11H2,1-2H3. The van der Waals surface area contributed by atoms with Crippen LogP contribution in [0.2, 0.25) is 0 Å². The predicted molar refractivity (Wildman–Crippen MR) is 81.4 cm³/mol. The molecule has 0 fully saturated rings. The molecule has 1 aliphatic heterocycles. The van der Waals surface area contributed by atoms with E-state index in [0.29, 0.717) is 13.0 Å². The summed E-state index contributed by atoms with van der Waals surface area (Å²) >= 11 is 0. The molecule has 4 heteroatoms. The number of aromatic nitrogens is 2. The van der Waals surface area contributed by atoms with E-state index < -0.39 is 6.10 Å². The second-order valence-corrected chi connectivity index (χ2v) is 5.76. The van der Waals surface area contributed by atoms with Crippen LogP contribution in [0.15, 0.2) is 30.3 Å². The molecule has 2 heterocycles. The van der Waals surface area contributed by atoms with Gasteiger partial charge in [-0.15, -0.1) is 0 Å². The first-order valence-electron chi connectivity index (χ1n) is 7.58. The first-order chi connectivity index (χ1) is 10.2. The molecule has 0 radical (unpaired) electrons. The molecule has 2 unspecified atom stereocenters. The Bertz CT molecular complexity index is 621. The highest BCUT2D eigenvalue weighted by molar-refractivity contribution is 5.35. The van der Waals surface area contributed by atoms with E-state index in [9.17, 15) is 5.11 Å². The largest absolute Gasteiger partial charge is 0.493 e. The van der Waals surface area contributed by atoms with Gasteiger partial charge in [-0.3, -0.25) is 4.68 Å². The number of para-hydroxylation sites is 1. The predicted octanol–water partition coefficient (Wildman–Crippen LogP) is 2.14. The van der Waals surface area contributed by atoms with Gasteiger partial charge in [0.2, 0.25) is 0 Å². The zero-order valence-electron chi connectivity index (χ0n) is 12.6. The fourth-order valence-corrected chi connectivity index (χ4v) is 2.91. The van der Waals surface area contributed by atoms with Gasteiger partial charge in [0.1, 0.15) is 5.75 Å². The van der Waals surface area contributed by atoms with Crippen molar-refractivity contribution in [3.63, 3.8) is 0 Å². The molecule has 0 saturated carbocycles. The number of benzene rings is 1. The van der Waals surface area contributed by atoms with E-state index in [1.807, 2.05) is 29.9 Å². The number of nitrogens with zero attached hydrogens (tertiary/aromatic N) is 2. The number of aliphatic hydroxyl groups is 1. The van der Waals surface area contributed by atoms with Crippen LogP contribution in [0.4, 0.5) is 0 Å². The number of hydrogen-bond donors (Lipinski definition) is 1. The first kappa shape index (κ1) is 14.1. The lowest BCUT2D eigenvalue weighted by molar-refractivity contribution is 0.0639. The number of aryl methyl sites for hydroxylation is 2. The van der Waals surface area contributed by atoms with Gasteiger partial charge in [0.05, 0.1) is 18.4 Å². The molecule has 1 N–H and O–H groups in total. The zero-order valence-corrected chi connectivity index (χ0v) is 12.6. The molecule has 2 atom stereocenters. The third-order valence-corrected chi connectivity index (χ3v) is 4.26. The summed E-state index contributed by atoms with van der Waals surface area (Å²) in [6.45, 7) is 2.67. The minimum Gasteiger partial charge on any atom is -0.493 e. The van der Waals surface area contributed by atoms with Gasteiger partial charge in [0.25, 0.3) is 0 Å². The highest BCUT2D eigenvalue weighted by Gasteiger charge is 2.26. The summed E-state index contributed by atoms with van der Waals surface area (Å²) in [7, 11) is 1.94. The molecular formula is C17H22N2O2. The molecule has 0 spiro atoms. The van der Waals surface area contributed by atoms with Crippen LogP contribution in [0.5, 0.6) is 5.75 Å². The number of aliphatic hydroxyl groups excluding tert-OH is 1. The van der Waals surface area contributed by atoms with Crippen molar-refractivity contribution in [3.8, 4) is 5.75 Å². The molecule has 0 aliphatic carbocycles. The van der Waals surface area contributed by atoms with Crippen LogP contribution in [-0.2, 0) is 26.3 Å². The van der Waals surface area contributed by atoms with Gasteiger partial charge in [-0.25, -0.2) is 0 Å². The minimum atomic E-state index is -0.404. The van der Waals surface area contributed by atoms with Crippen molar-refractivity contribution in [2.24, 2.45) is 13.0 Å². The second kappa shape index (κ2) is 5.90. The van der Waals surface area contributed by atoms with Gasteiger partial charge in [0.15, 0.2) is 0 Å². The van der Waals surface area contributed by atoms with E-state index >= 15 is 0 Å². The van der Waals surface area contributed by atoms with Gasteiger partial charge in [-0.1, -0.05) is 25.1 Å². The Morgan fingerprint density at radius 2 is 2.24 bits per heavy atom. The minimum absolute atomic E-state index is 0.139. The number of fused-ring (bicyclic) bond motifs is 1. The molecule has 4 nitrogen and oxygen atoms in total. The van der Waals surface area contributed by atoms with Crippen LogP contribution in [0.1, 0.15) is 23.9 Å². The quantitative estimate of drug-likeness (QED) is 0.936. The Kier molecular flexibility index (Phi) is 3.97. The maximum Gasteiger partial charge on any atom is 0.122 e. The van der Waals surface area contributed by atoms with Crippen molar-refractivity contribution in [1.82, 2.24) is 9.78 Å². The van der Waals surface area contributed by atoms with Crippen molar-refractivity contribution in [2.75, 3.05) is 6.61 Å². The SMILES string of the molecule is CCc1cc(CC(O)C2COc3ccccc3C2)n(C)n1. The molecular weight excluding hydrogens is 264 g/mol. The molecule has 3 rings (SSSR count). The summed E-state index contributed by atoms with van der Waals surface area (Å²) in [5, 5.41) is 15.0. The van der Waals surface area contributed by atoms with E-state index in [2.05, 4.69) is 24.2 Å². The van der Waals surface area contributed by atoms with Gasteiger partial charge in [0, 0.05) is 25.1 Å². The maximum absolute atomic E-state index is 10.5. The fourth-order valence-electron chi connectivity index (χ4n) is 2.91. The lowest BCUT2D eigenvalue weighted by atomic mass is 9.90. The monoisotopic (exact) mass is 286 g/mol.